The summed E-state index contributed by atoms with van der Waals surface area (Å²) in [6.07, 6.45) is 25.2. The third kappa shape index (κ3) is 14.5. The van der Waals surface area contributed by atoms with Gasteiger partial charge in [-0.15, -0.1) is 0 Å². The van der Waals surface area contributed by atoms with Crippen LogP contribution in [-0.4, -0.2) is 36.7 Å². The lowest BCUT2D eigenvalue weighted by Gasteiger charge is -2.19. The molecule has 0 fully saturated rings. The molecule has 0 spiro atoms. The predicted octanol–water partition coefficient (Wildman–Crippen LogP) is 13.5. The van der Waals surface area contributed by atoms with Crippen molar-refractivity contribution >= 4 is 23.5 Å². The van der Waals surface area contributed by atoms with Crippen LogP contribution >= 0.6 is 0 Å². The monoisotopic (exact) mass is 816 g/mol. The van der Waals surface area contributed by atoms with Gasteiger partial charge in [-0.05, 0) is 97.8 Å². The molecule has 0 saturated heterocycles. The molecular formula is C52H64O8. The number of fused-ring (bicyclic) bond motifs is 2. The molecule has 0 bridgehead atoms. The Hall–Kier alpha value is -5.24. The number of benzene rings is 4. The lowest BCUT2D eigenvalue weighted by molar-refractivity contribution is 0.0724. The maximum atomic E-state index is 13.6. The number of ether oxygens (including phenoxy) is 4. The van der Waals surface area contributed by atoms with Crippen molar-refractivity contribution in [2.45, 2.75) is 142 Å². The van der Waals surface area contributed by atoms with Crippen molar-refractivity contribution in [1.29, 1.82) is 0 Å². The van der Waals surface area contributed by atoms with E-state index in [4.69, 9.17) is 18.9 Å². The van der Waals surface area contributed by atoms with Crippen LogP contribution in [0.5, 0.6) is 23.0 Å². The van der Waals surface area contributed by atoms with E-state index in [2.05, 4.69) is 13.8 Å². The Balaban J connectivity index is 1.04. The van der Waals surface area contributed by atoms with Gasteiger partial charge in [-0.25, -0.2) is 9.59 Å². The first-order valence-electron chi connectivity index (χ1n) is 22.7. The molecule has 0 atom stereocenters. The molecule has 0 unspecified atom stereocenters. The zero-order valence-corrected chi connectivity index (χ0v) is 35.9. The molecule has 320 valence electrons. The Bertz CT molecular complexity index is 1820. The highest BCUT2D eigenvalue weighted by Crippen LogP contribution is 2.33. The highest BCUT2D eigenvalue weighted by atomic mass is 16.5. The van der Waals surface area contributed by atoms with Gasteiger partial charge < -0.3 is 18.9 Å². The summed E-state index contributed by atoms with van der Waals surface area (Å²) in [5, 5.41) is 0. The molecule has 0 saturated carbocycles. The van der Waals surface area contributed by atoms with Crippen molar-refractivity contribution in [3.05, 3.63) is 118 Å². The van der Waals surface area contributed by atoms with Crippen LogP contribution in [0, 0.1) is 0 Å². The molecule has 4 aromatic carbocycles. The van der Waals surface area contributed by atoms with E-state index in [9.17, 15) is 19.2 Å². The van der Waals surface area contributed by atoms with E-state index in [0.29, 0.717) is 35.8 Å². The number of rotatable bonds is 28. The first-order chi connectivity index (χ1) is 29.4. The highest BCUT2D eigenvalue weighted by Gasteiger charge is 2.31. The quantitative estimate of drug-likeness (QED) is 0.0279. The molecule has 0 N–H and O–H groups in total. The standard InChI is InChI=1S/C52H64O8/c1-3-5-7-9-11-13-15-17-19-21-35-57-41-27-23-39(24-28-41)51(55)59-43-31-33-45-47(37-43)49(53)46-34-32-44(38-48(46)50(45)54)60-52(56)40-25-29-42(30-26-40)58-36-22-20-18-16-14-12-10-8-6-4-2/h23-34,37-38H,3-22,35-36H2,1-2H3. The first kappa shape index (κ1) is 45.8. The maximum absolute atomic E-state index is 13.6. The number of unbranched alkanes of at least 4 members (excludes halogenated alkanes) is 18. The zero-order chi connectivity index (χ0) is 42.4. The SMILES string of the molecule is CCCCCCCCCCCCOc1ccc(C(=O)Oc2ccc3c(c2)C(=O)c2ccc(OC(=O)c4ccc(OCCCCCCCCCCCC)cc4)cc2C3=O)cc1. The zero-order valence-electron chi connectivity index (χ0n) is 35.9. The van der Waals surface area contributed by atoms with Crippen molar-refractivity contribution in [2.75, 3.05) is 13.2 Å². The summed E-state index contributed by atoms with van der Waals surface area (Å²) in [5.74, 6) is -0.318. The second-order valence-corrected chi connectivity index (χ2v) is 16.0. The molecule has 0 amide bonds. The van der Waals surface area contributed by atoms with Gasteiger partial charge in [0.05, 0.1) is 24.3 Å². The molecule has 5 rings (SSSR count). The van der Waals surface area contributed by atoms with Gasteiger partial charge in [0.1, 0.15) is 23.0 Å². The Labute approximate surface area is 357 Å². The second kappa shape index (κ2) is 25.4. The van der Waals surface area contributed by atoms with Gasteiger partial charge in [0.25, 0.3) is 0 Å². The normalized spacial score (nSPS) is 11.8. The summed E-state index contributed by atoms with van der Waals surface area (Å²) >= 11 is 0. The van der Waals surface area contributed by atoms with Gasteiger partial charge in [0.15, 0.2) is 11.6 Å². The van der Waals surface area contributed by atoms with Crippen molar-refractivity contribution in [3.63, 3.8) is 0 Å². The van der Waals surface area contributed by atoms with Crippen LogP contribution in [0.25, 0.3) is 0 Å². The molecule has 8 heteroatoms. The Morgan fingerprint density at radius 1 is 0.367 bits per heavy atom. The van der Waals surface area contributed by atoms with E-state index in [-0.39, 0.29) is 33.8 Å². The minimum Gasteiger partial charge on any atom is -0.494 e. The third-order valence-electron chi connectivity index (χ3n) is 11.1. The fraction of sp³-hybridized carbons (Fsp3) is 0.462. The van der Waals surface area contributed by atoms with Crippen LogP contribution in [0.3, 0.4) is 0 Å². The number of ketones is 2. The van der Waals surface area contributed by atoms with E-state index < -0.39 is 23.5 Å². The Kier molecular flexibility index (Phi) is 19.4. The topological polar surface area (TPSA) is 105 Å². The van der Waals surface area contributed by atoms with Crippen LogP contribution in [0.2, 0.25) is 0 Å². The largest absolute Gasteiger partial charge is 0.494 e. The van der Waals surface area contributed by atoms with Crippen LogP contribution in [0.1, 0.15) is 195 Å². The van der Waals surface area contributed by atoms with Crippen LogP contribution < -0.4 is 18.9 Å². The molecule has 1 aliphatic carbocycles. The fourth-order valence-corrected chi connectivity index (χ4v) is 7.50. The van der Waals surface area contributed by atoms with E-state index in [1.165, 1.54) is 139 Å². The van der Waals surface area contributed by atoms with Crippen molar-refractivity contribution in [3.8, 4) is 23.0 Å². The lowest BCUT2D eigenvalue weighted by Crippen LogP contribution is -2.21. The molecule has 4 aromatic rings. The van der Waals surface area contributed by atoms with E-state index >= 15 is 0 Å². The van der Waals surface area contributed by atoms with Gasteiger partial charge >= 0.3 is 11.9 Å². The number of hydrogen-bond donors (Lipinski definition) is 0. The average molecular weight is 817 g/mol. The Morgan fingerprint density at radius 3 is 1.00 bits per heavy atom. The van der Waals surface area contributed by atoms with Gasteiger partial charge in [0, 0.05) is 22.3 Å². The molecule has 60 heavy (non-hydrogen) atoms. The van der Waals surface area contributed by atoms with Crippen molar-refractivity contribution < 1.29 is 38.1 Å². The van der Waals surface area contributed by atoms with Gasteiger partial charge in [-0.2, -0.15) is 0 Å². The van der Waals surface area contributed by atoms with Crippen LogP contribution in [0.15, 0.2) is 84.9 Å². The number of carbonyl (C=O) groups excluding carboxylic acids is 4. The maximum Gasteiger partial charge on any atom is 0.343 e. The minimum absolute atomic E-state index is 0.133. The van der Waals surface area contributed by atoms with Crippen molar-refractivity contribution in [1.82, 2.24) is 0 Å². The molecule has 0 aliphatic heterocycles. The van der Waals surface area contributed by atoms with E-state index in [1.54, 1.807) is 48.5 Å². The summed E-state index contributed by atoms with van der Waals surface area (Å²) in [6.45, 7) is 5.74. The minimum atomic E-state index is -0.593. The summed E-state index contributed by atoms with van der Waals surface area (Å²) in [5.41, 5.74) is 1.28. The first-order valence-corrected chi connectivity index (χ1v) is 22.7. The molecule has 0 radical (unpaired) electrons. The number of esters is 2. The van der Waals surface area contributed by atoms with E-state index in [0.717, 1.165) is 25.7 Å². The summed E-state index contributed by atoms with van der Waals surface area (Å²) < 4.78 is 23.0. The van der Waals surface area contributed by atoms with Gasteiger partial charge in [-0.3, -0.25) is 9.59 Å². The summed E-state index contributed by atoms with van der Waals surface area (Å²) in [4.78, 5) is 53.1. The molecule has 8 nitrogen and oxygen atoms in total. The average Bonchev–Trinajstić information content (AvgIpc) is 3.27. The van der Waals surface area contributed by atoms with Gasteiger partial charge in [-0.1, -0.05) is 129 Å². The highest BCUT2D eigenvalue weighted by molar-refractivity contribution is 6.28. The van der Waals surface area contributed by atoms with E-state index in [1.807, 2.05) is 0 Å². The van der Waals surface area contributed by atoms with Crippen LogP contribution in [0.4, 0.5) is 0 Å². The molecule has 1 aliphatic rings. The third-order valence-corrected chi connectivity index (χ3v) is 11.1. The summed E-state index contributed by atoms with van der Waals surface area (Å²) in [6, 6.07) is 22.3. The number of hydrogen-bond acceptors (Lipinski definition) is 8. The Morgan fingerprint density at radius 2 is 0.667 bits per heavy atom. The van der Waals surface area contributed by atoms with Gasteiger partial charge in [0.2, 0.25) is 0 Å². The second-order valence-electron chi connectivity index (χ2n) is 16.0. The molecular weight excluding hydrogens is 753 g/mol. The number of carbonyl (C=O) groups is 4. The smallest absolute Gasteiger partial charge is 0.343 e. The van der Waals surface area contributed by atoms with Crippen LogP contribution in [-0.2, 0) is 0 Å². The summed E-state index contributed by atoms with van der Waals surface area (Å²) in [7, 11) is 0. The van der Waals surface area contributed by atoms with Crippen molar-refractivity contribution in [2.24, 2.45) is 0 Å². The molecule has 0 aromatic heterocycles. The fourth-order valence-electron chi connectivity index (χ4n) is 7.50. The lowest BCUT2D eigenvalue weighted by atomic mass is 9.84. The predicted molar refractivity (Wildman–Crippen MR) is 237 cm³/mol. The molecule has 0 heterocycles.